The number of hydrogen-bond acceptors (Lipinski definition) is 3. The molecule has 2 aliphatic rings. The molecule has 0 radical (unpaired) electrons. The summed E-state index contributed by atoms with van der Waals surface area (Å²) in [7, 11) is 0. The van der Waals surface area contributed by atoms with E-state index in [1.807, 2.05) is 12.1 Å². The maximum absolute atomic E-state index is 6.41. The number of nitrogens with one attached hydrogen (secondary N) is 1. The molecule has 1 saturated carbocycles. The van der Waals surface area contributed by atoms with Crippen molar-refractivity contribution >= 4 is 17.3 Å². The highest BCUT2D eigenvalue weighted by molar-refractivity contribution is 6.33. The van der Waals surface area contributed by atoms with E-state index in [-0.39, 0.29) is 0 Å². The normalized spacial score (nSPS) is 25.0. The van der Waals surface area contributed by atoms with Crippen LogP contribution in [0, 0.1) is 11.8 Å². The predicted octanol–water partition coefficient (Wildman–Crippen LogP) is 4.74. The van der Waals surface area contributed by atoms with E-state index in [4.69, 9.17) is 21.1 Å². The van der Waals surface area contributed by atoms with Crippen molar-refractivity contribution in [2.75, 3.05) is 18.5 Å². The third kappa shape index (κ3) is 3.23. The molecule has 1 fully saturated rings. The average molecular weight is 310 g/mol. The molecule has 1 N–H and O–H groups in total. The molecule has 0 amide bonds. The molecule has 0 bridgehead atoms. The summed E-state index contributed by atoms with van der Waals surface area (Å²) in [6.07, 6.45) is 5.16. The lowest BCUT2D eigenvalue weighted by molar-refractivity contribution is 0.171. The van der Waals surface area contributed by atoms with Gasteiger partial charge in [-0.2, -0.15) is 0 Å². The first-order valence-electron chi connectivity index (χ1n) is 8.01. The van der Waals surface area contributed by atoms with Gasteiger partial charge < -0.3 is 14.8 Å². The van der Waals surface area contributed by atoms with Crippen molar-refractivity contribution in [1.82, 2.24) is 0 Å². The van der Waals surface area contributed by atoms with Crippen LogP contribution < -0.4 is 14.8 Å². The zero-order chi connectivity index (χ0) is 14.8. The van der Waals surface area contributed by atoms with Crippen LogP contribution in [0.25, 0.3) is 0 Å². The Balaban J connectivity index is 1.80. The van der Waals surface area contributed by atoms with E-state index < -0.39 is 0 Å². The SMILES string of the molecule is CC(C)C1CCCCC1Nc1cc2c(cc1Cl)OCCO2. The summed E-state index contributed by atoms with van der Waals surface area (Å²) in [4.78, 5) is 0. The molecule has 0 spiro atoms. The zero-order valence-corrected chi connectivity index (χ0v) is 13.6. The Bertz CT molecular complexity index is 504. The van der Waals surface area contributed by atoms with Crippen molar-refractivity contribution in [2.24, 2.45) is 11.8 Å². The Morgan fingerprint density at radius 3 is 2.48 bits per heavy atom. The van der Waals surface area contributed by atoms with Crippen LogP contribution in [0.15, 0.2) is 12.1 Å². The maximum Gasteiger partial charge on any atom is 0.163 e. The van der Waals surface area contributed by atoms with Crippen LogP contribution in [0.3, 0.4) is 0 Å². The van der Waals surface area contributed by atoms with Crippen molar-refractivity contribution in [3.63, 3.8) is 0 Å². The number of rotatable bonds is 3. The standard InChI is InChI=1S/C17H24ClNO2/c1-11(2)12-5-3-4-6-14(12)19-15-10-17-16(9-13(15)18)20-7-8-21-17/h9-12,14,19H,3-8H2,1-2H3. The third-order valence-corrected chi connectivity index (χ3v) is 4.96. The highest BCUT2D eigenvalue weighted by Crippen LogP contribution is 2.40. The van der Waals surface area contributed by atoms with E-state index in [1.54, 1.807) is 0 Å². The largest absolute Gasteiger partial charge is 0.486 e. The van der Waals surface area contributed by atoms with E-state index in [9.17, 15) is 0 Å². The number of hydrogen-bond donors (Lipinski definition) is 1. The highest BCUT2D eigenvalue weighted by Gasteiger charge is 2.28. The molecule has 0 saturated heterocycles. The molecule has 0 aromatic heterocycles. The van der Waals surface area contributed by atoms with Gasteiger partial charge in [0.05, 0.1) is 10.7 Å². The summed E-state index contributed by atoms with van der Waals surface area (Å²) in [6.45, 7) is 5.83. The monoisotopic (exact) mass is 309 g/mol. The van der Waals surface area contributed by atoms with Crippen molar-refractivity contribution in [2.45, 2.75) is 45.6 Å². The van der Waals surface area contributed by atoms with Gasteiger partial charge in [-0.05, 0) is 24.7 Å². The lowest BCUT2D eigenvalue weighted by Gasteiger charge is -2.36. The molecule has 1 heterocycles. The smallest absolute Gasteiger partial charge is 0.163 e. The van der Waals surface area contributed by atoms with E-state index in [0.717, 1.165) is 17.2 Å². The van der Waals surface area contributed by atoms with Gasteiger partial charge in [0.2, 0.25) is 0 Å². The van der Waals surface area contributed by atoms with Gasteiger partial charge in [-0.3, -0.25) is 0 Å². The minimum Gasteiger partial charge on any atom is -0.486 e. The number of anilines is 1. The molecule has 4 heteroatoms. The molecule has 2 unspecified atom stereocenters. The lowest BCUT2D eigenvalue weighted by atomic mass is 9.78. The molecule has 2 atom stereocenters. The summed E-state index contributed by atoms with van der Waals surface area (Å²) in [5, 5.41) is 4.38. The van der Waals surface area contributed by atoms with Crippen LogP contribution >= 0.6 is 11.6 Å². The molecule has 1 aromatic carbocycles. The predicted molar refractivity (Wildman–Crippen MR) is 86.6 cm³/mol. The summed E-state index contributed by atoms with van der Waals surface area (Å²) < 4.78 is 11.2. The van der Waals surface area contributed by atoms with Crippen molar-refractivity contribution < 1.29 is 9.47 Å². The molecule has 1 aliphatic carbocycles. The molecule has 3 nitrogen and oxygen atoms in total. The summed E-state index contributed by atoms with van der Waals surface area (Å²) in [5.74, 6) is 2.95. The molecular weight excluding hydrogens is 286 g/mol. The van der Waals surface area contributed by atoms with Gasteiger partial charge in [-0.25, -0.2) is 0 Å². The van der Waals surface area contributed by atoms with E-state index >= 15 is 0 Å². The van der Waals surface area contributed by atoms with Crippen LogP contribution in [0.2, 0.25) is 5.02 Å². The Hall–Kier alpha value is -1.09. The average Bonchev–Trinajstić information content (AvgIpc) is 2.48. The third-order valence-electron chi connectivity index (χ3n) is 4.65. The number of benzene rings is 1. The fourth-order valence-corrected chi connectivity index (χ4v) is 3.72. The van der Waals surface area contributed by atoms with Crippen molar-refractivity contribution in [3.05, 3.63) is 17.2 Å². The summed E-state index contributed by atoms with van der Waals surface area (Å²) in [6, 6.07) is 4.35. The number of halogens is 1. The second-order valence-corrected chi connectivity index (χ2v) is 6.83. The van der Waals surface area contributed by atoms with E-state index in [2.05, 4.69) is 19.2 Å². The number of fused-ring (bicyclic) bond motifs is 1. The molecule has 21 heavy (non-hydrogen) atoms. The Labute approximate surface area is 132 Å². The van der Waals surface area contributed by atoms with Gasteiger partial charge in [0.1, 0.15) is 13.2 Å². The van der Waals surface area contributed by atoms with Gasteiger partial charge in [-0.15, -0.1) is 0 Å². The molecule has 116 valence electrons. The summed E-state index contributed by atoms with van der Waals surface area (Å²) in [5.41, 5.74) is 0.971. The van der Waals surface area contributed by atoms with Gasteiger partial charge in [0.25, 0.3) is 0 Å². The van der Waals surface area contributed by atoms with Crippen LogP contribution in [-0.4, -0.2) is 19.3 Å². The van der Waals surface area contributed by atoms with Crippen LogP contribution in [-0.2, 0) is 0 Å². The first-order chi connectivity index (χ1) is 10.1. The van der Waals surface area contributed by atoms with E-state index in [0.29, 0.717) is 36.1 Å². The molecular formula is C17H24ClNO2. The van der Waals surface area contributed by atoms with Crippen LogP contribution in [0.5, 0.6) is 11.5 Å². The first kappa shape index (κ1) is 14.8. The molecule has 1 aromatic rings. The lowest BCUT2D eigenvalue weighted by Crippen LogP contribution is -2.35. The fourth-order valence-electron chi connectivity index (χ4n) is 3.51. The fraction of sp³-hybridized carbons (Fsp3) is 0.647. The van der Waals surface area contributed by atoms with Crippen LogP contribution in [0.4, 0.5) is 5.69 Å². The van der Waals surface area contributed by atoms with E-state index in [1.165, 1.54) is 25.7 Å². The zero-order valence-electron chi connectivity index (χ0n) is 12.8. The minimum atomic E-state index is 0.499. The van der Waals surface area contributed by atoms with Gasteiger partial charge in [-0.1, -0.05) is 38.3 Å². The van der Waals surface area contributed by atoms with Crippen LogP contribution in [0.1, 0.15) is 39.5 Å². The minimum absolute atomic E-state index is 0.499. The highest BCUT2D eigenvalue weighted by atomic mass is 35.5. The van der Waals surface area contributed by atoms with Gasteiger partial charge >= 0.3 is 0 Å². The van der Waals surface area contributed by atoms with Gasteiger partial charge in [0, 0.05) is 18.2 Å². The first-order valence-corrected chi connectivity index (χ1v) is 8.38. The Morgan fingerprint density at radius 1 is 1.10 bits per heavy atom. The van der Waals surface area contributed by atoms with Gasteiger partial charge in [0.15, 0.2) is 11.5 Å². The Morgan fingerprint density at radius 2 is 1.76 bits per heavy atom. The number of ether oxygens (including phenoxy) is 2. The molecule has 3 rings (SSSR count). The second-order valence-electron chi connectivity index (χ2n) is 6.42. The second kappa shape index (κ2) is 6.35. The summed E-state index contributed by atoms with van der Waals surface area (Å²) >= 11 is 6.41. The topological polar surface area (TPSA) is 30.5 Å². The quantitative estimate of drug-likeness (QED) is 0.875. The van der Waals surface area contributed by atoms with Crippen molar-refractivity contribution in [3.8, 4) is 11.5 Å². The Kier molecular flexibility index (Phi) is 4.48. The van der Waals surface area contributed by atoms with Crippen molar-refractivity contribution in [1.29, 1.82) is 0 Å². The maximum atomic E-state index is 6.41. The molecule has 1 aliphatic heterocycles.